The molecule has 0 saturated carbocycles. The van der Waals surface area contributed by atoms with Crippen molar-refractivity contribution in [2.75, 3.05) is 17.2 Å². The molecule has 0 radical (unpaired) electrons. The van der Waals surface area contributed by atoms with E-state index in [2.05, 4.69) is 15.4 Å². The van der Waals surface area contributed by atoms with Gasteiger partial charge in [0.05, 0.1) is 12.3 Å². The Hall–Kier alpha value is -2.48. The van der Waals surface area contributed by atoms with Crippen molar-refractivity contribution in [3.05, 3.63) is 48.5 Å². The van der Waals surface area contributed by atoms with Crippen LogP contribution in [0.4, 0.5) is 24.5 Å². The summed E-state index contributed by atoms with van der Waals surface area (Å²) in [5.41, 5.74) is 1.21. The van der Waals surface area contributed by atoms with Crippen LogP contribution in [0.1, 0.15) is 6.92 Å². The Morgan fingerprint density at radius 2 is 1.71 bits per heavy atom. The second-order valence-corrected chi connectivity index (χ2v) is 4.99. The topological polar surface area (TPSA) is 42.5 Å². The summed E-state index contributed by atoms with van der Waals surface area (Å²) < 4.78 is 45.6. The van der Waals surface area contributed by atoms with Crippen molar-refractivity contribution in [1.29, 1.82) is 0 Å². The van der Waals surface area contributed by atoms with E-state index in [0.29, 0.717) is 23.7 Å². The normalized spacial score (nSPS) is 10.8. The van der Waals surface area contributed by atoms with E-state index in [0.717, 1.165) is 0 Å². The third-order valence-electron chi connectivity index (χ3n) is 2.78. The number of benzene rings is 2. The van der Waals surface area contributed by atoms with Crippen LogP contribution in [0.2, 0.25) is 0 Å². The Morgan fingerprint density at radius 3 is 2.33 bits per heavy atom. The lowest BCUT2D eigenvalue weighted by atomic mass is 10.3. The number of alkyl halides is 3. The molecule has 0 bridgehead atoms. The van der Waals surface area contributed by atoms with E-state index in [1.807, 2.05) is 19.1 Å². The van der Waals surface area contributed by atoms with Gasteiger partial charge >= 0.3 is 6.36 Å². The van der Waals surface area contributed by atoms with Gasteiger partial charge in [-0.1, -0.05) is 12.1 Å². The van der Waals surface area contributed by atoms with Gasteiger partial charge in [0, 0.05) is 5.69 Å². The minimum Gasteiger partial charge on any atom is -0.492 e. The number of nitrogens with one attached hydrogen (secondary N) is 2. The molecule has 2 N–H and O–H groups in total. The van der Waals surface area contributed by atoms with Gasteiger partial charge in [-0.2, -0.15) is 0 Å². The molecule has 0 amide bonds. The van der Waals surface area contributed by atoms with Crippen molar-refractivity contribution in [1.82, 2.24) is 0 Å². The van der Waals surface area contributed by atoms with Gasteiger partial charge in [0.2, 0.25) is 0 Å². The first-order valence-corrected chi connectivity index (χ1v) is 7.44. The predicted molar refractivity (Wildman–Crippen MR) is 90.6 cm³/mol. The SMILES string of the molecule is CCOc1ccccc1NC(=S)Nc1ccc(OC(F)(F)F)cc1. The molecule has 2 aromatic carbocycles. The summed E-state index contributed by atoms with van der Waals surface area (Å²) in [6.45, 7) is 2.39. The summed E-state index contributed by atoms with van der Waals surface area (Å²) in [5.74, 6) is 0.353. The van der Waals surface area contributed by atoms with Crippen molar-refractivity contribution in [3.8, 4) is 11.5 Å². The van der Waals surface area contributed by atoms with Crippen molar-refractivity contribution in [3.63, 3.8) is 0 Å². The Kier molecular flexibility index (Phi) is 5.86. The average molecular weight is 356 g/mol. The molecule has 24 heavy (non-hydrogen) atoms. The standard InChI is InChI=1S/C16H15F3N2O2S/c1-2-22-14-6-4-3-5-13(14)21-15(24)20-11-7-9-12(10-8-11)23-16(17,18)19/h3-10H,2H2,1H3,(H2,20,21,24). The molecule has 0 fully saturated rings. The zero-order chi connectivity index (χ0) is 17.6. The van der Waals surface area contributed by atoms with Gasteiger partial charge in [-0.05, 0) is 55.5 Å². The van der Waals surface area contributed by atoms with Gasteiger partial charge < -0.3 is 20.1 Å². The van der Waals surface area contributed by atoms with Crippen LogP contribution in [-0.2, 0) is 0 Å². The Labute approximate surface area is 142 Å². The number of halogens is 3. The van der Waals surface area contributed by atoms with Crippen LogP contribution < -0.4 is 20.1 Å². The van der Waals surface area contributed by atoms with Gasteiger partial charge in [0.25, 0.3) is 0 Å². The largest absolute Gasteiger partial charge is 0.573 e. The van der Waals surface area contributed by atoms with Crippen LogP contribution in [0.3, 0.4) is 0 Å². The first-order valence-electron chi connectivity index (χ1n) is 7.03. The molecule has 2 aromatic rings. The smallest absolute Gasteiger partial charge is 0.492 e. The molecule has 2 rings (SSSR count). The molecule has 0 unspecified atom stereocenters. The van der Waals surface area contributed by atoms with E-state index in [4.69, 9.17) is 17.0 Å². The highest BCUT2D eigenvalue weighted by molar-refractivity contribution is 7.80. The Morgan fingerprint density at radius 1 is 1.04 bits per heavy atom. The van der Waals surface area contributed by atoms with Crippen LogP contribution >= 0.6 is 12.2 Å². The minimum atomic E-state index is -4.71. The number of hydrogen-bond acceptors (Lipinski definition) is 3. The van der Waals surface area contributed by atoms with E-state index in [-0.39, 0.29) is 10.9 Å². The number of para-hydroxylation sites is 2. The second kappa shape index (κ2) is 7.87. The molecule has 0 aromatic heterocycles. The molecule has 0 aliphatic rings. The zero-order valence-corrected chi connectivity index (χ0v) is 13.5. The van der Waals surface area contributed by atoms with Crippen molar-refractivity contribution in [2.45, 2.75) is 13.3 Å². The van der Waals surface area contributed by atoms with E-state index in [9.17, 15) is 13.2 Å². The molecular weight excluding hydrogens is 341 g/mol. The van der Waals surface area contributed by atoms with Crippen LogP contribution in [-0.4, -0.2) is 18.1 Å². The van der Waals surface area contributed by atoms with E-state index >= 15 is 0 Å². The van der Waals surface area contributed by atoms with Crippen LogP contribution in [0.15, 0.2) is 48.5 Å². The number of thiocarbonyl (C=S) groups is 1. The predicted octanol–water partition coefficient (Wildman–Crippen LogP) is 4.79. The Bertz CT molecular complexity index is 690. The average Bonchev–Trinajstić information content (AvgIpc) is 2.50. The maximum Gasteiger partial charge on any atom is 0.573 e. The third kappa shape index (κ3) is 5.62. The highest BCUT2D eigenvalue weighted by Gasteiger charge is 2.30. The lowest BCUT2D eigenvalue weighted by Crippen LogP contribution is -2.20. The van der Waals surface area contributed by atoms with Crippen molar-refractivity contribution in [2.24, 2.45) is 0 Å². The zero-order valence-electron chi connectivity index (χ0n) is 12.7. The van der Waals surface area contributed by atoms with Crippen LogP contribution in [0, 0.1) is 0 Å². The summed E-state index contributed by atoms with van der Waals surface area (Å²) >= 11 is 5.19. The second-order valence-electron chi connectivity index (χ2n) is 4.58. The maximum absolute atomic E-state index is 12.1. The summed E-state index contributed by atoms with van der Waals surface area (Å²) in [7, 11) is 0. The number of anilines is 2. The fraction of sp³-hybridized carbons (Fsp3) is 0.188. The summed E-state index contributed by atoms with van der Waals surface area (Å²) in [6.07, 6.45) is -4.71. The van der Waals surface area contributed by atoms with Gasteiger partial charge in [-0.3, -0.25) is 0 Å². The lowest BCUT2D eigenvalue weighted by Gasteiger charge is -2.14. The van der Waals surface area contributed by atoms with Crippen molar-refractivity contribution < 1.29 is 22.6 Å². The van der Waals surface area contributed by atoms with E-state index in [1.54, 1.807) is 12.1 Å². The number of ether oxygens (including phenoxy) is 2. The van der Waals surface area contributed by atoms with Gasteiger partial charge in [-0.15, -0.1) is 13.2 Å². The van der Waals surface area contributed by atoms with Gasteiger partial charge in [0.15, 0.2) is 5.11 Å². The first kappa shape index (κ1) is 17.9. The van der Waals surface area contributed by atoms with Gasteiger partial charge in [0.1, 0.15) is 11.5 Å². The third-order valence-corrected chi connectivity index (χ3v) is 2.98. The molecule has 0 atom stereocenters. The molecule has 0 spiro atoms. The summed E-state index contributed by atoms with van der Waals surface area (Å²) in [5, 5.41) is 6.14. The van der Waals surface area contributed by atoms with Gasteiger partial charge in [-0.25, -0.2) is 0 Å². The molecule has 128 valence electrons. The number of hydrogen-bond donors (Lipinski definition) is 2. The lowest BCUT2D eigenvalue weighted by molar-refractivity contribution is -0.274. The number of rotatable bonds is 5. The molecule has 8 heteroatoms. The molecule has 0 aliphatic heterocycles. The van der Waals surface area contributed by atoms with E-state index in [1.165, 1.54) is 24.3 Å². The van der Waals surface area contributed by atoms with Crippen LogP contribution in [0.25, 0.3) is 0 Å². The first-order chi connectivity index (χ1) is 11.4. The summed E-state index contributed by atoms with van der Waals surface area (Å²) in [6, 6.07) is 12.5. The summed E-state index contributed by atoms with van der Waals surface area (Å²) in [4.78, 5) is 0. The molecular formula is C16H15F3N2O2S. The maximum atomic E-state index is 12.1. The molecule has 4 nitrogen and oxygen atoms in total. The Balaban J connectivity index is 1.98. The molecule has 0 aliphatic carbocycles. The monoisotopic (exact) mass is 356 g/mol. The fourth-order valence-electron chi connectivity index (χ4n) is 1.88. The quantitative estimate of drug-likeness (QED) is 0.754. The van der Waals surface area contributed by atoms with Crippen LogP contribution in [0.5, 0.6) is 11.5 Å². The minimum absolute atomic E-state index is 0.284. The fourth-order valence-corrected chi connectivity index (χ4v) is 2.10. The molecule has 0 heterocycles. The van der Waals surface area contributed by atoms with Crippen molar-refractivity contribution >= 4 is 28.7 Å². The highest BCUT2D eigenvalue weighted by atomic mass is 32.1. The highest BCUT2D eigenvalue weighted by Crippen LogP contribution is 2.25. The molecule has 0 saturated heterocycles. The van der Waals surface area contributed by atoms with E-state index < -0.39 is 6.36 Å².